The van der Waals surface area contributed by atoms with Crippen molar-refractivity contribution >= 4 is 6.09 Å². The number of nitrogens with zero attached hydrogens (tertiary/aromatic N) is 4. The number of pyridine rings is 2. The average Bonchev–Trinajstić information content (AvgIpc) is 2.85. The molecule has 0 unspecified atom stereocenters. The normalized spacial score (nSPS) is 14.6. The summed E-state index contributed by atoms with van der Waals surface area (Å²) >= 11 is 0. The van der Waals surface area contributed by atoms with Crippen LogP contribution >= 0.6 is 0 Å². The molecule has 0 atom stereocenters. The van der Waals surface area contributed by atoms with E-state index < -0.39 is 11.7 Å². The third kappa shape index (κ3) is 7.27. The molecule has 1 saturated heterocycles. The van der Waals surface area contributed by atoms with Gasteiger partial charge in [0.2, 0.25) is 0 Å². The van der Waals surface area contributed by atoms with Gasteiger partial charge in [-0.1, -0.05) is 18.2 Å². The minimum atomic E-state index is -4.40. The monoisotopic (exact) mass is 498 g/mol. The Morgan fingerprint density at radius 2 is 1.72 bits per heavy atom. The van der Waals surface area contributed by atoms with Crippen LogP contribution in [0.4, 0.5) is 18.0 Å². The van der Waals surface area contributed by atoms with Crippen molar-refractivity contribution < 1.29 is 22.7 Å². The summed E-state index contributed by atoms with van der Waals surface area (Å²) in [5, 5.41) is 0. The predicted molar refractivity (Wildman–Crippen MR) is 130 cm³/mol. The fourth-order valence-electron chi connectivity index (χ4n) is 4.12. The lowest BCUT2D eigenvalue weighted by atomic mass is 10.1. The minimum absolute atomic E-state index is 0.379. The van der Waals surface area contributed by atoms with Crippen molar-refractivity contribution in [2.45, 2.75) is 32.4 Å². The molecule has 1 aliphatic rings. The number of benzene rings is 1. The molecule has 9 heteroatoms. The number of hydrogen-bond donors (Lipinski definition) is 0. The molecule has 190 valence electrons. The van der Waals surface area contributed by atoms with Crippen LogP contribution in [0.2, 0.25) is 0 Å². The summed E-state index contributed by atoms with van der Waals surface area (Å²) in [5.74, 6) is 0.428. The third-order valence-corrected chi connectivity index (χ3v) is 6.15. The first-order chi connectivity index (χ1) is 17.3. The quantitative estimate of drug-likeness (QED) is 0.451. The van der Waals surface area contributed by atoms with E-state index in [1.54, 1.807) is 29.2 Å². The molecule has 0 spiro atoms. The first kappa shape index (κ1) is 25.6. The lowest BCUT2D eigenvalue weighted by Crippen LogP contribution is -2.49. The second kappa shape index (κ2) is 11.5. The van der Waals surface area contributed by atoms with Gasteiger partial charge in [0.05, 0.1) is 5.56 Å². The SMILES string of the molecule is Cc1cccc(CCCN2CCN(C(=O)Oc3ccc(Cc4ccc(C(F)(F)F)cn4)cc3)CC2)n1. The van der Waals surface area contributed by atoms with Gasteiger partial charge in [-0.15, -0.1) is 0 Å². The Balaban J connectivity index is 1.19. The van der Waals surface area contributed by atoms with E-state index in [4.69, 9.17) is 4.74 Å². The summed E-state index contributed by atoms with van der Waals surface area (Å²) in [6.45, 7) is 5.79. The fraction of sp³-hybridized carbons (Fsp3) is 0.370. The molecule has 1 fully saturated rings. The maximum Gasteiger partial charge on any atom is 0.417 e. The first-order valence-electron chi connectivity index (χ1n) is 12.0. The van der Waals surface area contributed by atoms with Crippen molar-refractivity contribution in [3.05, 3.63) is 89.0 Å². The maximum absolute atomic E-state index is 12.7. The van der Waals surface area contributed by atoms with E-state index in [9.17, 15) is 18.0 Å². The molecule has 0 radical (unpaired) electrons. The number of aryl methyl sites for hydroxylation is 2. The summed E-state index contributed by atoms with van der Waals surface area (Å²) in [6, 6.07) is 15.4. The Morgan fingerprint density at radius 3 is 2.36 bits per heavy atom. The zero-order valence-electron chi connectivity index (χ0n) is 20.2. The number of carbonyl (C=O) groups is 1. The Kier molecular flexibility index (Phi) is 8.20. The largest absolute Gasteiger partial charge is 0.417 e. The van der Waals surface area contributed by atoms with Crippen molar-refractivity contribution in [3.8, 4) is 5.75 Å². The van der Waals surface area contributed by atoms with Gasteiger partial charge < -0.3 is 9.64 Å². The van der Waals surface area contributed by atoms with Gasteiger partial charge in [0.1, 0.15) is 5.75 Å². The Labute approximate surface area is 208 Å². The number of rotatable bonds is 7. The molecule has 1 amide bonds. The molecule has 1 aromatic carbocycles. The van der Waals surface area contributed by atoms with E-state index in [-0.39, 0.29) is 6.09 Å². The van der Waals surface area contributed by atoms with Gasteiger partial charge in [0, 0.05) is 55.9 Å². The van der Waals surface area contributed by atoms with E-state index in [2.05, 4.69) is 20.9 Å². The zero-order chi connectivity index (χ0) is 25.5. The van der Waals surface area contributed by atoms with E-state index >= 15 is 0 Å². The van der Waals surface area contributed by atoms with E-state index in [1.807, 2.05) is 19.1 Å². The van der Waals surface area contributed by atoms with Crippen LogP contribution in [0.1, 0.15) is 34.6 Å². The lowest BCUT2D eigenvalue weighted by molar-refractivity contribution is -0.137. The molecule has 6 nitrogen and oxygen atoms in total. The molecule has 0 N–H and O–H groups in total. The van der Waals surface area contributed by atoms with Crippen LogP contribution in [0.15, 0.2) is 60.8 Å². The summed E-state index contributed by atoms with van der Waals surface area (Å²) in [5.41, 5.74) is 2.76. The topological polar surface area (TPSA) is 58.6 Å². The third-order valence-electron chi connectivity index (χ3n) is 6.15. The second-order valence-corrected chi connectivity index (χ2v) is 8.93. The highest BCUT2D eigenvalue weighted by atomic mass is 19.4. The molecule has 4 rings (SSSR count). The van der Waals surface area contributed by atoms with Gasteiger partial charge >= 0.3 is 12.3 Å². The van der Waals surface area contributed by atoms with Crippen LogP contribution in [0.5, 0.6) is 5.75 Å². The summed E-state index contributed by atoms with van der Waals surface area (Å²) in [6.07, 6.45) is -1.59. The summed E-state index contributed by atoms with van der Waals surface area (Å²) < 4.78 is 43.6. The van der Waals surface area contributed by atoms with Crippen molar-refractivity contribution in [1.29, 1.82) is 0 Å². The van der Waals surface area contributed by atoms with Crippen LogP contribution in [0.25, 0.3) is 0 Å². The molecule has 3 aromatic rings. The molecule has 36 heavy (non-hydrogen) atoms. The molecule has 0 saturated carbocycles. The minimum Gasteiger partial charge on any atom is -0.410 e. The Hall–Kier alpha value is -3.46. The van der Waals surface area contributed by atoms with Gasteiger partial charge in [0.15, 0.2) is 0 Å². The fourth-order valence-corrected chi connectivity index (χ4v) is 4.12. The van der Waals surface area contributed by atoms with E-state index in [1.165, 1.54) is 6.07 Å². The van der Waals surface area contributed by atoms with Crippen molar-refractivity contribution in [2.75, 3.05) is 32.7 Å². The number of halogens is 3. The van der Waals surface area contributed by atoms with Crippen molar-refractivity contribution in [3.63, 3.8) is 0 Å². The number of hydrogen-bond acceptors (Lipinski definition) is 5. The number of amides is 1. The highest BCUT2D eigenvalue weighted by Gasteiger charge is 2.30. The van der Waals surface area contributed by atoms with Crippen LogP contribution in [-0.2, 0) is 19.0 Å². The molecular weight excluding hydrogens is 469 g/mol. The zero-order valence-corrected chi connectivity index (χ0v) is 20.2. The smallest absolute Gasteiger partial charge is 0.410 e. The van der Waals surface area contributed by atoms with Crippen LogP contribution in [0, 0.1) is 6.92 Å². The van der Waals surface area contributed by atoms with Crippen LogP contribution < -0.4 is 4.74 Å². The molecule has 2 aromatic heterocycles. The van der Waals surface area contributed by atoms with Gasteiger partial charge in [-0.25, -0.2) is 4.79 Å². The number of aromatic nitrogens is 2. The average molecular weight is 499 g/mol. The maximum atomic E-state index is 12.7. The highest BCUT2D eigenvalue weighted by molar-refractivity contribution is 5.70. The predicted octanol–water partition coefficient (Wildman–Crippen LogP) is 5.14. The van der Waals surface area contributed by atoms with Gasteiger partial charge in [0.25, 0.3) is 0 Å². The van der Waals surface area contributed by atoms with Crippen LogP contribution in [0.3, 0.4) is 0 Å². The molecule has 0 aliphatic carbocycles. The van der Waals surface area contributed by atoms with Gasteiger partial charge in [-0.3, -0.25) is 14.9 Å². The highest BCUT2D eigenvalue weighted by Crippen LogP contribution is 2.28. The van der Waals surface area contributed by atoms with Crippen molar-refractivity contribution in [1.82, 2.24) is 19.8 Å². The number of ether oxygens (including phenoxy) is 1. The lowest BCUT2D eigenvalue weighted by Gasteiger charge is -2.34. The number of piperazine rings is 1. The van der Waals surface area contributed by atoms with E-state index in [0.29, 0.717) is 31.0 Å². The summed E-state index contributed by atoms with van der Waals surface area (Å²) in [4.78, 5) is 25.1. The van der Waals surface area contributed by atoms with Gasteiger partial charge in [-0.05, 0) is 68.3 Å². The van der Waals surface area contributed by atoms with E-state index in [0.717, 1.165) is 61.7 Å². The molecule has 0 bridgehead atoms. The first-order valence-corrected chi connectivity index (χ1v) is 12.0. The number of alkyl halides is 3. The molecular formula is C27H29F3N4O2. The van der Waals surface area contributed by atoms with Crippen LogP contribution in [-0.4, -0.2) is 58.6 Å². The molecule has 3 heterocycles. The standard InChI is InChI=1S/C27H29F3N4O2/c1-20-4-2-5-23(32-20)6-3-13-33-14-16-34(17-15-33)26(35)36-25-11-7-21(8-12-25)18-24-10-9-22(19-31-24)27(28,29)30/h2,4-5,7-12,19H,3,6,13-18H2,1H3. The van der Waals surface area contributed by atoms with Crippen molar-refractivity contribution in [2.24, 2.45) is 0 Å². The number of carbonyl (C=O) groups excluding carboxylic acids is 1. The Morgan fingerprint density at radius 1 is 0.972 bits per heavy atom. The Bertz CT molecular complexity index is 1140. The molecule has 1 aliphatic heterocycles. The van der Waals surface area contributed by atoms with Gasteiger partial charge in [-0.2, -0.15) is 13.2 Å². The second-order valence-electron chi connectivity index (χ2n) is 8.93. The summed E-state index contributed by atoms with van der Waals surface area (Å²) in [7, 11) is 0.